The second-order valence-corrected chi connectivity index (χ2v) is 5.30. The number of hydrogen-bond donors (Lipinski definition) is 0. The van der Waals surface area contributed by atoms with Crippen LogP contribution in [0.1, 0.15) is 38.2 Å². The van der Waals surface area contributed by atoms with Crippen molar-refractivity contribution in [2.75, 3.05) is 0 Å². The van der Waals surface area contributed by atoms with Crippen LogP contribution < -0.4 is 4.74 Å². The first-order valence-corrected chi connectivity index (χ1v) is 6.86. The molecule has 0 spiro atoms. The third-order valence-electron chi connectivity index (χ3n) is 3.92. The van der Waals surface area contributed by atoms with Gasteiger partial charge in [0.15, 0.2) is 0 Å². The van der Waals surface area contributed by atoms with E-state index in [4.69, 9.17) is 4.74 Å². The summed E-state index contributed by atoms with van der Waals surface area (Å²) in [5.74, 6) is 1.66. The first-order chi connectivity index (χ1) is 8.72. The molecule has 0 amide bonds. The van der Waals surface area contributed by atoms with E-state index in [0.717, 1.165) is 18.6 Å². The van der Waals surface area contributed by atoms with Gasteiger partial charge in [-0.15, -0.1) is 0 Å². The topological polar surface area (TPSA) is 33.0 Å². The maximum atomic E-state index is 9.22. The monoisotopic (exact) mass is 243 g/mol. The zero-order valence-corrected chi connectivity index (χ0v) is 11.2. The molecule has 96 valence electrons. The summed E-state index contributed by atoms with van der Waals surface area (Å²) in [5, 5.41) is 9.22. The van der Waals surface area contributed by atoms with Gasteiger partial charge in [0.2, 0.25) is 0 Å². The zero-order valence-electron chi connectivity index (χ0n) is 11.2. The molecule has 1 aliphatic carbocycles. The van der Waals surface area contributed by atoms with Gasteiger partial charge in [0.1, 0.15) is 11.9 Å². The van der Waals surface area contributed by atoms with Gasteiger partial charge in [-0.1, -0.05) is 25.5 Å². The fourth-order valence-electron chi connectivity index (χ4n) is 2.72. The Balaban J connectivity index is 2.07. The molecule has 0 N–H and O–H groups in total. The van der Waals surface area contributed by atoms with Crippen LogP contribution in [0, 0.1) is 30.1 Å². The van der Waals surface area contributed by atoms with Crippen molar-refractivity contribution in [3.8, 4) is 11.8 Å². The average Bonchev–Trinajstić information content (AvgIpc) is 2.38. The molecule has 2 rings (SSSR count). The first kappa shape index (κ1) is 13.0. The third kappa shape index (κ3) is 3.04. The van der Waals surface area contributed by atoms with Crippen molar-refractivity contribution in [2.45, 2.75) is 45.6 Å². The molecule has 1 aromatic rings. The summed E-state index contributed by atoms with van der Waals surface area (Å²) in [6, 6.07) is 10.5. The summed E-state index contributed by atoms with van der Waals surface area (Å²) in [6.45, 7) is 4.28. The van der Waals surface area contributed by atoms with E-state index in [9.17, 15) is 5.26 Å². The summed E-state index contributed by atoms with van der Waals surface area (Å²) < 4.78 is 6.05. The van der Waals surface area contributed by atoms with Crippen molar-refractivity contribution in [3.63, 3.8) is 0 Å². The fourth-order valence-corrected chi connectivity index (χ4v) is 2.72. The molecular weight excluding hydrogens is 222 g/mol. The molecule has 0 radical (unpaired) electrons. The Bertz CT molecular complexity index is 435. The molecule has 1 aromatic carbocycles. The molecule has 3 unspecified atom stereocenters. The number of nitriles is 1. The Labute approximate surface area is 110 Å². The van der Waals surface area contributed by atoms with E-state index < -0.39 is 0 Å². The summed E-state index contributed by atoms with van der Waals surface area (Å²) in [4.78, 5) is 0. The van der Waals surface area contributed by atoms with Crippen molar-refractivity contribution in [2.24, 2.45) is 11.8 Å². The normalized spacial score (nSPS) is 27.5. The van der Waals surface area contributed by atoms with Gasteiger partial charge >= 0.3 is 0 Å². The maximum absolute atomic E-state index is 9.22. The van der Waals surface area contributed by atoms with E-state index in [1.165, 1.54) is 18.4 Å². The van der Waals surface area contributed by atoms with E-state index in [1.807, 2.05) is 18.2 Å². The smallest absolute Gasteiger partial charge is 0.120 e. The maximum Gasteiger partial charge on any atom is 0.120 e. The Kier molecular flexibility index (Phi) is 4.25. The molecule has 2 nitrogen and oxygen atoms in total. The van der Waals surface area contributed by atoms with Crippen LogP contribution in [-0.2, 0) is 0 Å². The molecule has 0 saturated heterocycles. The highest BCUT2D eigenvalue weighted by molar-refractivity contribution is 5.27. The number of nitrogens with zero attached hydrogens (tertiary/aromatic N) is 1. The van der Waals surface area contributed by atoms with E-state index >= 15 is 0 Å². The Morgan fingerprint density at radius 2 is 2.22 bits per heavy atom. The first-order valence-electron chi connectivity index (χ1n) is 6.86. The van der Waals surface area contributed by atoms with Gasteiger partial charge in [-0.25, -0.2) is 0 Å². The minimum Gasteiger partial charge on any atom is -0.489 e. The lowest BCUT2D eigenvalue weighted by atomic mass is 9.79. The Morgan fingerprint density at radius 1 is 1.39 bits per heavy atom. The van der Waals surface area contributed by atoms with Crippen LogP contribution in [0.2, 0.25) is 0 Å². The summed E-state index contributed by atoms with van der Waals surface area (Å²) in [7, 11) is 0. The van der Waals surface area contributed by atoms with Crippen LogP contribution in [0.3, 0.4) is 0 Å². The van der Waals surface area contributed by atoms with Crippen molar-refractivity contribution < 1.29 is 4.74 Å². The molecule has 0 bridgehead atoms. The molecule has 0 aromatic heterocycles. The molecule has 3 atom stereocenters. The van der Waals surface area contributed by atoms with Crippen molar-refractivity contribution >= 4 is 0 Å². The highest BCUT2D eigenvalue weighted by Crippen LogP contribution is 2.33. The third-order valence-corrected chi connectivity index (χ3v) is 3.92. The highest BCUT2D eigenvalue weighted by atomic mass is 16.5. The molecular formula is C16H21NO. The minimum atomic E-state index is 0.0494. The van der Waals surface area contributed by atoms with Gasteiger partial charge < -0.3 is 4.74 Å². The van der Waals surface area contributed by atoms with Crippen molar-refractivity contribution in [1.82, 2.24) is 0 Å². The van der Waals surface area contributed by atoms with E-state index in [2.05, 4.69) is 26.0 Å². The Hall–Kier alpha value is -1.49. The van der Waals surface area contributed by atoms with Crippen molar-refractivity contribution in [3.05, 3.63) is 29.8 Å². The quantitative estimate of drug-likeness (QED) is 0.801. The lowest BCUT2D eigenvalue weighted by Crippen LogP contribution is -2.33. The Morgan fingerprint density at radius 3 is 2.89 bits per heavy atom. The van der Waals surface area contributed by atoms with E-state index in [-0.39, 0.29) is 12.0 Å². The number of benzene rings is 1. The van der Waals surface area contributed by atoms with Crippen LogP contribution >= 0.6 is 0 Å². The largest absolute Gasteiger partial charge is 0.489 e. The van der Waals surface area contributed by atoms with Crippen molar-refractivity contribution in [1.29, 1.82) is 5.26 Å². The number of rotatable bonds is 3. The van der Waals surface area contributed by atoms with Crippen LogP contribution in [0.5, 0.6) is 5.75 Å². The van der Waals surface area contributed by atoms with Gasteiger partial charge in [-0.05, 0) is 49.8 Å². The summed E-state index contributed by atoms with van der Waals surface area (Å²) in [5.41, 5.74) is 1.20. The van der Waals surface area contributed by atoms with Crippen LogP contribution in [0.25, 0.3) is 0 Å². The number of aryl methyl sites for hydroxylation is 1. The van der Waals surface area contributed by atoms with Gasteiger partial charge in [-0.2, -0.15) is 5.26 Å². The number of hydrogen-bond acceptors (Lipinski definition) is 2. The molecule has 1 saturated carbocycles. The molecule has 18 heavy (non-hydrogen) atoms. The number of ether oxygens (including phenoxy) is 1. The fraction of sp³-hybridized carbons (Fsp3) is 0.562. The highest BCUT2D eigenvalue weighted by Gasteiger charge is 2.31. The SMILES string of the molecule is CCC1CCC(C#N)C(Oc2cccc(C)c2)C1. The molecule has 1 aliphatic rings. The molecule has 2 heteroatoms. The van der Waals surface area contributed by atoms with Crippen LogP contribution in [0.15, 0.2) is 24.3 Å². The lowest BCUT2D eigenvalue weighted by Gasteiger charge is -2.32. The standard InChI is InChI=1S/C16H21NO/c1-3-13-7-8-14(11-17)16(10-13)18-15-6-4-5-12(2)9-15/h4-6,9,13-14,16H,3,7-8,10H2,1-2H3. The van der Waals surface area contributed by atoms with E-state index in [1.54, 1.807) is 0 Å². The average molecular weight is 243 g/mol. The van der Waals surface area contributed by atoms with Gasteiger partial charge in [-0.3, -0.25) is 0 Å². The molecule has 0 aliphatic heterocycles. The predicted octanol–water partition coefficient (Wildman–Crippen LogP) is 4.09. The zero-order chi connectivity index (χ0) is 13.0. The second-order valence-electron chi connectivity index (χ2n) is 5.30. The second kappa shape index (κ2) is 5.91. The van der Waals surface area contributed by atoms with Gasteiger partial charge in [0.25, 0.3) is 0 Å². The summed E-state index contributed by atoms with van der Waals surface area (Å²) in [6.07, 6.45) is 4.41. The van der Waals surface area contributed by atoms with Gasteiger partial charge in [0, 0.05) is 0 Å². The summed E-state index contributed by atoms with van der Waals surface area (Å²) >= 11 is 0. The van der Waals surface area contributed by atoms with Crippen LogP contribution in [0.4, 0.5) is 0 Å². The van der Waals surface area contributed by atoms with E-state index in [0.29, 0.717) is 5.92 Å². The molecule has 0 heterocycles. The minimum absolute atomic E-state index is 0.0494. The van der Waals surface area contributed by atoms with Gasteiger partial charge in [0.05, 0.1) is 12.0 Å². The lowest BCUT2D eigenvalue weighted by molar-refractivity contribution is 0.0892. The predicted molar refractivity (Wildman–Crippen MR) is 72.3 cm³/mol. The van der Waals surface area contributed by atoms with Crippen LogP contribution in [-0.4, -0.2) is 6.10 Å². The molecule has 1 fully saturated rings.